The summed E-state index contributed by atoms with van der Waals surface area (Å²) in [5.41, 5.74) is 0.244. The summed E-state index contributed by atoms with van der Waals surface area (Å²) in [7, 11) is 1.47. The van der Waals surface area contributed by atoms with E-state index in [9.17, 15) is 14.9 Å². The van der Waals surface area contributed by atoms with Crippen molar-refractivity contribution in [1.82, 2.24) is 0 Å². The number of hydrogen-bond acceptors (Lipinski definition) is 5. The molecule has 0 bridgehead atoms. The van der Waals surface area contributed by atoms with Gasteiger partial charge in [0.05, 0.1) is 18.0 Å². The van der Waals surface area contributed by atoms with Crippen LogP contribution in [0.15, 0.2) is 30.4 Å². The molecule has 20 heavy (non-hydrogen) atoms. The van der Waals surface area contributed by atoms with Gasteiger partial charge >= 0.3 is 5.97 Å². The Morgan fingerprint density at radius 2 is 2.25 bits per heavy atom. The van der Waals surface area contributed by atoms with Gasteiger partial charge in [0.15, 0.2) is 0 Å². The van der Waals surface area contributed by atoms with Crippen molar-refractivity contribution >= 4 is 17.3 Å². The first kappa shape index (κ1) is 13.9. The van der Waals surface area contributed by atoms with Crippen molar-refractivity contribution in [3.8, 4) is 5.75 Å². The summed E-state index contributed by atoms with van der Waals surface area (Å²) < 4.78 is 5.04. The predicted molar refractivity (Wildman–Crippen MR) is 71.9 cm³/mol. The summed E-state index contributed by atoms with van der Waals surface area (Å²) in [6, 6.07) is 4.14. The second kappa shape index (κ2) is 5.60. The highest BCUT2D eigenvalue weighted by Crippen LogP contribution is 2.31. The molecule has 0 radical (unpaired) electrons. The molecule has 106 valence electrons. The van der Waals surface area contributed by atoms with Crippen LogP contribution >= 0.6 is 0 Å². The number of rotatable bonds is 5. The number of carbonyl (C=O) groups is 1. The Kier molecular flexibility index (Phi) is 3.88. The lowest BCUT2D eigenvalue weighted by molar-refractivity contribution is -0.384. The maximum absolute atomic E-state index is 11.0. The summed E-state index contributed by atoms with van der Waals surface area (Å²) in [6.45, 7) is 0. The number of aliphatic carboxylic acids is 1. The van der Waals surface area contributed by atoms with E-state index in [-0.39, 0.29) is 11.7 Å². The van der Waals surface area contributed by atoms with Crippen LogP contribution in [-0.2, 0) is 4.79 Å². The zero-order valence-electron chi connectivity index (χ0n) is 10.8. The number of methoxy groups -OCH3 is 1. The number of ether oxygens (including phenoxy) is 1. The minimum absolute atomic E-state index is 0.0713. The van der Waals surface area contributed by atoms with Gasteiger partial charge in [0.1, 0.15) is 11.4 Å². The zero-order valence-corrected chi connectivity index (χ0v) is 10.8. The maximum Gasteiger partial charge on any atom is 0.310 e. The number of benzene rings is 1. The van der Waals surface area contributed by atoms with Crippen LogP contribution in [0.1, 0.15) is 6.42 Å². The van der Waals surface area contributed by atoms with Crippen molar-refractivity contribution in [1.29, 1.82) is 0 Å². The highest BCUT2D eigenvalue weighted by atomic mass is 16.6. The molecule has 0 fully saturated rings. The molecule has 2 rings (SSSR count). The van der Waals surface area contributed by atoms with Crippen LogP contribution in [0.5, 0.6) is 5.75 Å². The number of nitrogens with zero attached hydrogens (tertiary/aromatic N) is 1. The molecule has 7 heteroatoms. The van der Waals surface area contributed by atoms with Crippen LogP contribution < -0.4 is 10.1 Å². The van der Waals surface area contributed by atoms with Crippen LogP contribution in [0.2, 0.25) is 0 Å². The van der Waals surface area contributed by atoms with Gasteiger partial charge in [0.25, 0.3) is 5.69 Å². The Bertz CT molecular complexity index is 570. The molecule has 0 aliphatic heterocycles. The summed E-state index contributed by atoms with van der Waals surface area (Å²) >= 11 is 0. The van der Waals surface area contributed by atoms with Gasteiger partial charge in [-0.25, -0.2) is 0 Å². The molecular formula is C13H14N2O5. The van der Waals surface area contributed by atoms with E-state index in [0.717, 1.165) is 0 Å². The SMILES string of the molecule is COc1ccc([N+](=O)[O-])c(NC2C=CC(C(=O)O)C2)c1. The standard InChI is InChI=1S/C13H14N2O5/c1-20-10-4-5-12(15(18)19)11(7-10)14-9-3-2-8(6-9)13(16)17/h2-5,7-9,14H,6H2,1H3,(H,16,17). The van der Waals surface area contributed by atoms with Gasteiger partial charge in [-0.15, -0.1) is 0 Å². The molecule has 7 nitrogen and oxygen atoms in total. The van der Waals surface area contributed by atoms with E-state index in [1.165, 1.54) is 25.3 Å². The second-order valence-electron chi connectivity index (χ2n) is 4.46. The van der Waals surface area contributed by atoms with E-state index in [0.29, 0.717) is 17.9 Å². The van der Waals surface area contributed by atoms with E-state index in [2.05, 4.69) is 5.32 Å². The molecule has 1 aliphatic carbocycles. The first-order valence-electron chi connectivity index (χ1n) is 6.01. The number of nitrogens with one attached hydrogen (secondary N) is 1. The van der Waals surface area contributed by atoms with Crippen LogP contribution in [0.25, 0.3) is 0 Å². The Labute approximate surface area is 115 Å². The molecule has 0 saturated carbocycles. The normalized spacial score (nSPS) is 20.6. The summed E-state index contributed by atoms with van der Waals surface area (Å²) in [5.74, 6) is -0.960. The quantitative estimate of drug-likeness (QED) is 0.485. The Hall–Kier alpha value is -2.57. The number of carboxylic acid groups (broad SMARTS) is 1. The van der Waals surface area contributed by atoms with E-state index < -0.39 is 16.8 Å². The molecular weight excluding hydrogens is 264 g/mol. The molecule has 1 aliphatic rings. The van der Waals surface area contributed by atoms with Crippen LogP contribution in [-0.4, -0.2) is 29.2 Å². The largest absolute Gasteiger partial charge is 0.497 e. The third-order valence-corrected chi connectivity index (χ3v) is 3.14. The molecule has 0 spiro atoms. The minimum Gasteiger partial charge on any atom is -0.497 e. The molecule has 0 heterocycles. The Morgan fingerprint density at radius 1 is 1.50 bits per heavy atom. The lowest BCUT2D eigenvalue weighted by atomic mass is 10.1. The Balaban J connectivity index is 2.18. The van der Waals surface area contributed by atoms with Gasteiger partial charge < -0.3 is 15.2 Å². The van der Waals surface area contributed by atoms with Crippen molar-refractivity contribution in [2.24, 2.45) is 5.92 Å². The van der Waals surface area contributed by atoms with Gasteiger partial charge in [-0.1, -0.05) is 12.2 Å². The summed E-state index contributed by atoms with van der Waals surface area (Å²) in [5, 5.41) is 22.9. The molecule has 2 unspecified atom stereocenters. The van der Waals surface area contributed by atoms with Crippen molar-refractivity contribution in [3.63, 3.8) is 0 Å². The van der Waals surface area contributed by atoms with E-state index in [4.69, 9.17) is 9.84 Å². The topological polar surface area (TPSA) is 102 Å². The number of carboxylic acids is 1. The molecule has 2 N–H and O–H groups in total. The molecule has 2 atom stereocenters. The highest BCUT2D eigenvalue weighted by molar-refractivity contribution is 5.73. The van der Waals surface area contributed by atoms with Crippen LogP contribution in [0, 0.1) is 16.0 Å². The smallest absolute Gasteiger partial charge is 0.310 e. The predicted octanol–water partition coefficient (Wildman–Crippen LogP) is 2.04. The van der Waals surface area contributed by atoms with Crippen LogP contribution in [0.3, 0.4) is 0 Å². The first-order chi connectivity index (χ1) is 9.51. The second-order valence-corrected chi connectivity index (χ2v) is 4.46. The number of hydrogen-bond donors (Lipinski definition) is 2. The fourth-order valence-corrected chi connectivity index (χ4v) is 2.11. The van der Waals surface area contributed by atoms with Gasteiger partial charge in [-0.2, -0.15) is 0 Å². The zero-order chi connectivity index (χ0) is 14.7. The third kappa shape index (κ3) is 2.87. The minimum atomic E-state index is -0.898. The van der Waals surface area contributed by atoms with Crippen molar-refractivity contribution < 1.29 is 19.6 Å². The first-order valence-corrected chi connectivity index (χ1v) is 6.01. The fourth-order valence-electron chi connectivity index (χ4n) is 2.11. The summed E-state index contributed by atoms with van der Waals surface area (Å²) in [6.07, 6.45) is 3.66. The average molecular weight is 278 g/mol. The molecule has 0 amide bonds. The van der Waals surface area contributed by atoms with Gasteiger partial charge in [0, 0.05) is 18.2 Å². The monoisotopic (exact) mass is 278 g/mol. The fraction of sp³-hybridized carbons (Fsp3) is 0.308. The lowest BCUT2D eigenvalue weighted by Crippen LogP contribution is -2.19. The van der Waals surface area contributed by atoms with Crippen molar-refractivity contribution in [2.75, 3.05) is 12.4 Å². The average Bonchev–Trinajstić information content (AvgIpc) is 2.87. The van der Waals surface area contributed by atoms with Gasteiger partial charge in [-0.3, -0.25) is 14.9 Å². The summed E-state index contributed by atoms with van der Waals surface area (Å²) in [4.78, 5) is 21.4. The van der Waals surface area contributed by atoms with E-state index in [1.54, 1.807) is 12.2 Å². The maximum atomic E-state index is 11.0. The lowest BCUT2D eigenvalue weighted by Gasteiger charge is -2.14. The highest BCUT2D eigenvalue weighted by Gasteiger charge is 2.26. The molecule has 1 aromatic rings. The number of nitro groups is 1. The van der Waals surface area contributed by atoms with Gasteiger partial charge in [-0.05, 0) is 12.5 Å². The molecule has 0 aromatic heterocycles. The third-order valence-electron chi connectivity index (χ3n) is 3.14. The van der Waals surface area contributed by atoms with Crippen molar-refractivity contribution in [2.45, 2.75) is 12.5 Å². The van der Waals surface area contributed by atoms with Crippen LogP contribution in [0.4, 0.5) is 11.4 Å². The number of nitro benzene ring substituents is 1. The van der Waals surface area contributed by atoms with E-state index in [1.807, 2.05) is 0 Å². The molecule has 1 aromatic carbocycles. The number of anilines is 1. The van der Waals surface area contributed by atoms with Gasteiger partial charge in [0.2, 0.25) is 0 Å². The molecule has 0 saturated heterocycles. The Morgan fingerprint density at radius 3 is 2.80 bits per heavy atom. The van der Waals surface area contributed by atoms with Crippen molar-refractivity contribution in [3.05, 3.63) is 40.5 Å². The van der Waals surface area contributed by atoms with E-state index >= 15 is 0 Å².